The summed E-state index contributed by atoms with van der Waals surface area (Å²) in [6.07, 6.45) is 2.22. The molecule has 0 saturated carbocycles. The SMILES string of the molecule is CCCCOc1ccccc1CNc1cc(C)ccc1OC. The van der Waals surface area contributed by atoms with E-state index in [4.69, 9.17) is 9.47 Å². The van der Waals surface area contributed by atoms with Crippen LogP contribution < -0.4 is 14.8 Å². The highest BCUT2D eigenvalue weighted by Gasteiger charge is 2.06. The lowest BCUT2D eigenvalue weighted by Crippen LogP contribution is -2.05. The molecule has 0 spiro atoms. The maximum atomic E-state index is 5.88. The fourth-order valence-corrected chi connectivity index (χ4v) is 2.27. The van der Waals surface area contributed by atoms with Crippen molar-refractivity contribution < 1.29 is 9.47 Å². The molecule has 0 aliphatic carbocycles. The zero-order valence-corrected chi connectivity index (χ0v) is 13.7. The summed E-state index contributed by atoms with van der Waals surface area (Å²) in [4.78, 5) is 0. The van der Waals surface area contributed by atoms with E-state index in [-0.39, 0.29) is 0 Å². The van der Waals surface area contributed by atoms with Crippen LogP contribution in [0.25, 0.3) is 0 Å². The van der Waals surface area contributed by atoms with Gasteiger partial charge in [-0.05, 0) is 37.1 Å². The number of para-hydroxylation sites is 1. The summed E-state index contributed by atoms with van der Waals surface area (Å²) >= 11 is 0. The van der Waals surface area contributed by atoms with Gasteiger partial charge in [0.25, 0.3) is 0 Å². The van der Waals surface area contributed by atoms with E-state index in [2.05, 4.69) is 31.3 Å². The Morgan fingerprint density at radius 3 is 2.64 bits per heavy atom. The third kappa shape index (κ3) is 4.42. The smallest absolute Gasteiger partial charge is 0.141 e. The predicted molar refractivity (Wildman–Crippen MR) is 91.9 cm³/mol. The standard InChI is InChI=1S/C19H25NO2/c1-4-5-12-22-18-9-7-6-8-16(18)14-20-17-13-15(2)10-11-19(17)21-3/h6-11,13,20H,4-5,12,14H2,1-3H3. The van der Waals surface area contributed by atoms with Gasteiger partial charge in [0, 0.05) is 12.1 Å². The highest BCUT2D eigenvalue weighted by atomic mass is 16.5. The van der Waals surface area contributed by atoms with E-state index >= 15 is 0 Å². The minimum absolute atomic E-state index is 0.710. The Labute approximate surface area is 133 Å². The number of anilines is 1. The molecule has 0 heterocycles. The van der Waals surface area contributed by atoms with Gasteiger partial charge < -0.3 is 14.8 Å². The van der Waals surface area contributed by atoms with Crippen molar-refractivity contribution in [2.75, 3.05) is 19.0 Å². The van der Waals surface area contributed by atoms with E-state index < -0.39 is 0 Å². The molecule has 0 amide bonds. The Balaban J connectivity index is 2.06. The summed E-state index contributed by atoms with van der Waals surface area (Å²) in [6, 6.07) is 14.3. The number of nitrogens with one attached hydrogen (secondary N) is 1. The molecule has 2 aromatic carbocycles. The molecule has 1 N–H and O–H groups in total. The third-order valence-electron chi connectivity index (χ3n) is 3.55. The molecule has 0 radical (unpaired) electrons. The molecule has 0 saturated heterocycles. The van der Waals surface area contributed by atoms with Crippen molar-refractivity contribution in [3.63, 3.8) is 0 Å². The highest BCUT2D eigenvalue weighted by molar-refractivity contribution is 5.58. The van der Waals surface area contributed by atoms with E-state index in [1.807, 2.05) is 30.3 Å². The second-order valence-corrected chi connectivity index (χ2v) is 5.37. The van der Waals surface area contributed by atoms with Crippen LogP contribution in [0.15, 0.2) is 42.5 Å². The molecule has 2 aromatic rings. The molecule has 118 valence electrons. The molecule has 0 aliphatic rings. The van der Waals surface area contributed by atoms with Crippen molar-refractivity contribution >= 4 is 5.69 Å². The van der Waals surface area contributed by atoms with Gasteiger partial charge in [0.1, 0.15) is 11.5 Å². The maximum absolute atomic E-state index is 5.88. The van der Waals surface area contributed by atoms with Gasteiger partial charge in [-0.15, -0.1) is 0 Å². The van der Waals surface area contributed by atoms with E-state index in [1.54, 1.807) is 7.11 Å². The average Bonchev–Trinajstić information content (AvgIpc) is 2.54. The lowest BCUT2D eigenvalue weighted by Gasteiger charge is -2.15. The highest BCUT2D eigenvalue weighted by Crippen LogP contribution is 2.27. The van der Waals surface area contributed by atoms with Crippen LogP contribution in [0.2, 0.25) is 0 Å². The number of aryl methyl sites for hydroxylation is 1. The minimum Gasteiger partial charge on any atom is -0.495 e. The molecule has 3 heteroatoms. The topological polar surface area (TPSA) is 30.5 Å². The van der Waals surface area contributed by atoms with Gasteiger partial charge in [-0.1, -0.05) is 37.6 Å². The van der Waals surface area contributed by atoms with Crippen LogP contribution in [0, 0.1) is 6.92 Å². The number of unbranched alkanes of at least 4 members (excludes halogenated alkanes) is 1. The van der Waals surface area contributed by atoms with Gasteiger partial charge in [0.15, 0.2) is 0 Å². The van der Waals surface area contributed by atoms with Gasteiger partial charge >= 0.3 is 0 Å². The van der Waals surface area contributed by atoms with Crippen LogP contribution in [-0.4, -0.2) is 13.7 Å². The van der Waals surface area contributed by atoms with Gasteiger partial charge in [-0.3, -0.25) is 0 Å². The van der Waals surface area contributed by atoms with Gasteiger partial charge in [0.2, 0.25) is 0 Å². The van der Waals surface area contributed by atoms with Crippen LogP contribution in [0.5, 0.6) is 11.5 Å². The summed E-state index contributed by atoms with van der Waals surface area (Å²) in [5, 5.41) is 3.45. The largest absolute Gasteiger partial charge is 0.495 e. The zero-order chi connectivity index (χ0) is 15.8. The number of methoxy groups -OCH3 is 1. The number of hydrogen-bond acceptors (Lipinski definition) is 3. The Kier molecular flexibility index (Phi) is 6.13. The Morgan fingerprint density at radius 1 is 1.05 bits per heavy atom. The first-order valence-corrected chi connectivity index (χ1v) is 7.83. The molecule has 0 bridgehead atoms. The second kappa shape index (κ2) is 8.32. The normalized spacial score (nSPS) is 10.3. The molecule has 0 unspecified atom stereocenters. The molecular formula is C19H25NO2. The lowest BCUT2D eigenvalue weighted by atomic mass is 10.1. The Hall–Kier alpha value is -2.16. The number of benzene rings is 2. The quantitative estimate of drug-likeness (QED) is 0.711. The number of hydrogen-bond donors (Lipinski definition) is 1. The maximum Gasteiger partial charge on any atom is 0.141 e. The molecule has 0 atom stereocenters. The van der Waals surface area contributed by atoms with Gasteiger partial charge in [-0.25, -0.2) is 0 Å². The van der Waals surface area contributed by atoms with Crippen molar-refractivity contribution in [1.82, 2.24) is 0 Å². The Bertz CT molecular complexity index is 596. The predicted octanol–water partition coefficient (Wildman–Crippen LogP) is 4.79. The second-order valence-electron chi connectivity index (χ2n) is 5.37. The van der Waals surface area contributed by atoms with Gasteiger partial charge in [-0.2, -0.15) is 0 Å². The van der Waals surface area contributed by atoms with E-state index in [0.29, 0.717) is 6.54 Å². The van der Waals surface area contributed by atoms with Crippen LogP contribution in [0.3, 0.4) is 0 Å². The van der Waals surface area contributed by atoms with Crippen LogP contribution >= 0.6 is 0 Å². The van der Waals surface area contributed by atoms with E-state index in [1.165, 1.54) is 5.56 Å². The summed E-state index contributed by atoms with van der Waals surface area (Å²) in [7, 11) is 1.69. The van der Waals surface area contributed by atoms with Crippen LogP contribution in [-0.2, 0) is 6.54 Å². The van der Waals surface area contributed by atoms with Crippen LogP contribution in [0.4, 0.5) is 5.69 Å². The van der Waals surface area contributed by atoms with Crippen molar-refractivity contribution in [3.05, 3.63) is 53.6 Å². The molecule has 22 heavy (non-hydrogen) atoms. The number of rotatable bonds is 8. The summed E-state index contributed by atoms with van der Waals surface area (Å²) < 4.78 is 11.3. The molecule has 0 aliphatic heterocycles. The van der Waals surface area contributed by atoms with E-state index in [0.717, 1.165) is 42.2 Å². The molecule has 3 nitrogen and oxygen atoms in total. The molecular weight excluding hydrogens is 274 g/mol. The first-order chi connectivity index (χ1) is 10.7. The van der Waals surface area contributed by atoms with Crippen molar-refractivity contribution in [2.45, 2.75) is 33.2 Å². The summed E-state index contributed by atoms with van der Waals surface area (Å²) in [5.41, 5.74) is 3.36. The van der Waals surface area contributed by atoms with Crippen molar-refractivity contribution in [2.24, 2.45) is 0 Å². The first-order valence-electron chi connectivity index (χ1n) is 7.83. The van der Waals surface area contributed by atoms with E-state index in [9.17, 15) is 0 Å². The van der Waals surface area contributed by atoms with Crippen molar-refractivity contribution in [3.8, 4) is 11.5 Å². The molecule has 0 fully saturated rings. The molecule has 0 aromatic heterocycles. The minimum atomic E-state index is 0.710. The third-order valence-corrected chi connectivity index (χ3v) is 3.55. The van der Waals surface area contributed by atoms with Gasteiger partial charge in [0.05, 0.1) is 19.4 Å². The zero-order valence-electron chi connectivity index (χ0n) is 13.7. The summed E-state index contributed by atoms with van der Waals surface area (Å²) in [6.45, 7) is 5.72. The van der Waals surface area contributed by atoms with Crippen LogP contribution in [0.1, 0.15) is 30.9 Å². The lowest BCUT2D eigenvalue weighted by molar-refractivity contribution is 0.306. The average molecular weight is 299 g/mol. The molecule has 2 rings (SSSR count). The first kappa shape index (κ1) is 16.2. The summed E-state index contributed by atoms with van der Waals surface area (Å²) in [5.74, 6) is 1.81. The fraction of sp³-hybridized carbons (Fsp3) is 0.368. The Morgan fingerprint density at radius 2 is 1.86 bits per heavy atom. The fourth-order valence-electron chi connectivity index (χ4n) is 2.27. The number of ether oxygens (including phenoxy) is 2. The van der Waals surface area contributed by atoms with Crippen molar-refractivity contribution in [1.29, 1.82) is 0 Å². The monoisotopic (exact) mass is 299 g/mol.